The molecule has 1 fully saturated rings. The lowest BCUT2D eigenvalue weighted by Crippen LogP contribution is -2.51. The Kier molecular flexibility index (Phi) is 6.17. The number of nitrogens with one attached hydrogen (secondary N) is 1. The third kappa shape index (κ3) is 4.53. The first kappa shape index (κ1) is 21.2. The minimum atomic E-state index is -3.64. The second-order valence-corrected chi connectivity index (χ2v) is 9.25. The Morgan fingerprint density at radius 3 is 2.55 bits per heavy atom. The van der Waals surface area contributed by atoms with Crippen LogP contribution in [0, 0.1) is 0 Å². The zero-order chi connectivity index (χ0) is 21.8. The second-order valence-electron chi connectivity index (χ2n) is 7.60. The normalized spacial score (nSPS) is 19.7. The van der Waals surface area contributed by atoms with Gasteiger partial charge in [0.15, 0.2) is 0 Å². The molecule has 2 aliphatic rings. The molecule has 0 spiro atoms. The molecule has 1 aromatic carbocycles. The van der Waals surface area contributed by atoms with Crippen molar-refractivity contribution in [1.82, 2.24) is 19.6 Å². The summed E-state index contributed by atoms with van der Waals surface area (Å²) in [6, 6.07) is 7.86. The van der Waals surface area contributed by atoms with Crippen LogP contribution in [0.1, 0.15) is 31.7 Å². The lowest BCUT2D eigenvalue weighted by atomic mass is 10.1. The van der Waals surface area contributed by atoms with Crippen molar-refractivity contribution < 1.29 is 13.2 Å². The van der Waals surface area contributed by atoms with Gasteiger partial charge in [-0.2, -0.15) is 0 Å². The van der Waals surface area contributed by atoms with E-state index in [2.05, 4.69) is 31.5 Å². The Bertz CT molecular complexity index is 1070. The van der Waals surface area contributed by atoms with E-state index in [1.54, 1.807) is 47.6 Å². The topological polar surface area (TPSA) is 108 Å². The van der Waals surface area contributed by atoms with Crippen LogP contribution < -0.4 is 9.62 Å². The quantitative estimate of drug-likeness (QED) is 0.725. The molecule has 0 unspecified atom stereocenters. The SMILES string of the molecule is CCCC[C@H](N=C1NS(=O)(=O)c2ccccc21)C(=O)N1CCN(c2ncccn2)CC1. The van der Waals surface area contributed by atoms with Crippen molar-refractivity contribution in [3.8, 4) is 0 Å². The Morgan fingerprint density at radius 2 is 1.84 bits per heavy atom. The highest BCUT2D eigenvalue weighted by atomic mass is 32.2. The maximum atomic E-state index is 13.3. The number of aliphatic imine (C=N–C) groups is 1. The molecule has 0 saturated carbocycles. The zero-order valence-corrected chi connectivity index (χ0v) is 18.3. The van der Waals surface area contributed by atoms with Crippen LogP contribution in [0.3, 0.4) is 0 Å². The van der Waals surface area contributed by atoms with Crippen molar-refractivity contribution in [2.24, 2.45) is 4.99 Å². The summed E-state index contributed by atoms with van der Waals surface area (Å²) in [5, 5.41) is 0. The third-order valence-corrected chi connectivity index (χ3v) is 6.89. The Morgan fingerprint density at radius 1 is 1.13 bits per heavy atom. The van der Waals surface area contributed by atoms with Gasteiger partial charge in [0.25, 0.3) is 10.0 Å². The number of fused-ring (bicyclic) bond motifs is 1. The van der Waals surface area contributed by atoms with Crippen LogP contribution in [-0.2, 0) is 14.8 Å². The highest BCUT2D eigenvalue weighted by molar-refractivity contribution is 7.90. The maximum Gasteiger partial charge on any atom is 0.263 e. The van der Waals surface area contributed by atoms with E-state index in [1.807, 2.05) is 0 Å². The predicted octanol–water partition coefficient (Wildman–Crippen LogP) is 1.42. The third-order valence-electron chi connectivity index (χ3n) is 5.49. The minimum absolute atomic E-state index is 0.0711. The molecule has 1 amide bonds. The summed E-state index contributed by atoms with van der Waals surface area (Å²) >= 11 is 0. The zero-order valence-electron chi connectivity index (χ0n) is 17.4. The van der Waals surface area contributed by atoms with Crippen molar-refractivity contribution in [1.29, 1.82) is 0 Å². The molecule has 10 heteroatoms. The number of amidine groups is 1. The molecule has 1 saturated heterocycles. The van der Waals surface area contributed by atoms with Gasteiger partial charge in [0.1, 0.15) is 11.9 Å². The molecule has 1 N–H and O–H groups in total. The van der Waals surface area contributed by atoms with Crippen LogP contribution in [0.4, 0.5) is 5.95 Å². The molecule has 2 aliphatic heterocycles. The largest absolute Gasteiger partial charge is 0.337 e. The van der Waals surface area contributed by atoms with Crippen LogP contribution in [-0.4, -0.2) is 67.2 Å². The van der Waals surface area contributed by atoms with Gasteiger partial charge in [0, 0.05) is 44.1 Å². The number of amides is 1. The molecule has 9 nitrogen and oxygen atoms in total. The number of anilines is 1. The predicted molar refractivity (Wildman–Crippen MR) is 117 cm³/mol. The summed E-state index contributed by atoms with van der Waals surface area (Å²) in [6.07, 6.45) is 5.74. The van der Waals surface area contributed by atoms with Gasteiger partial charge in [-0.25, -0.2) is 18.4 Å². The average molecular weight is 443 g/mol. The molecule has 3 heterocycles. The highest BCUT2D eigenvalue weighted by Gasteiger charge is 2.33. The number of rotatable bonds is 6. The van der Waals surface area contributed by atoms with E-state index >= 15 is 0 Å². The molecule has 2 aromatic rings. The lowest BCUT2D eigenvalue weighted by Gasteiger charge is -2.35. The maximum absolute atomic E-state index is 13.3. The molecule has 0 aliphatic carbocycles. The number of carbonyl (C=O) groups is 1. The Balaban J connectivity index is 1.51. The minimum Gasteiger partial charge on any atom is -0.337 e. The molecule has 1 atom stereocenters. The van der Waals surface area contributed by atoms with Crippen LogP contribution in [0.25, 0.3) is 0 Å². The van der Waals surface area contributed by atoms with E-state index in [0.717, 1.165) is 12.8 Å². The van der Waals surface area contributed by atoms with E-state index in [-0.39, 0.29) is 16.6 Å². The number of piperazine rings is 1. The summed E-state index contributed by atoms with van der Waals surface area (Å²) in [7, 11) is -3.64. The van der Waals surface area contributed by atoms with Crippen LogP contribution >= 0.6 is 0 Å². The fourth-order valence-corrected chi connectivity index (χ4v) is 5.06. The molecule has 4 rings (SSSR count). The number of aromatic nitrogens is 2. The first-order valence-electron chi connectivity index (χ1n) is 10.5. The van der Waals surface area contributed by atoms with Gasteiger partial charge in [-0.1, -0.05) is 31.9 Å². The summed E-state index contributed by atoms with van der Waals surface area (Å²) in [6.45, 7) is 4.44. The molecular formula is C21H26N6O3S. The van der Waals surface area contributed by atoms with E-state index in [0.29, 0.717) is 44.1 Å². The van der Waals surface area contributed by atoms with Gasteiger partial charge in [-0.05, 0) is 24.6 Å². The number of hydrogen-bond donors (Lipinski definition) is 1. The Hall–Kier alpha value is -3.01. The van der Waals surface area contributed by atoms with E-state index in [4.69, 9.17) is 0 Å². The van der Waals surface area contributed by atoms with Gasteiger partial charge in [-0.3, -0.25) is 14.5 Å². The molecule has 1 aromatic heterocycles. The van der Waals surface area contributed by atoms with Gasteiger partial charge >= 0.3 is 0 Å². The van der Waals surface area contributed by atoms with Crippen molar-refractivity contribution in [2.45, 2.75) is 37.1 Å². The fraction of sp³-hybridized carbons (Fsp3) is 0.429. The van der Waals surface area contributed by atoms with E-state index in [1.165, 1.54) is 0 Å². The van der Waals surface area contributed by atoms with Gasteiger partial charge in [0.05, 0.1) is 4.90 Å². The first-order chi connectivity index (χ1) is 15.0. The van der Waals surface area contributed by atoms with Crippen molar-refractivity contribution >= 4 is 27.7 Å². The monoisotopic (exact) mass is 442 g/mol. The fourth-order valence-electron chi connectivity index (χ4n) is 3.82. The van der Waals surface area contributed by atoms with Crippen molar-refractivity contribution in [2.75, 3.05) is 31.1 Å². The number of carbonyl (C=O) groups excluding carboxylic acids is 1. The molecule has 31 heavy (non-hydrogen) atoms. The van der Waals surface area contributed by atoms with Crippen LogP contribution in [0.15, 0.2) is 52.6 Å². The molecule has 0 bridgehead atoms. The van der Waals surface area contributed by atoms with Crippen molar-refractivity contribution in [3.05, 3.63) is 48.3 Å². The average Bonchev–Trinajstić information content (AvgIpc) is 3.07. The first-order valence-corrected chi connectivity index (χ1v) is 12.0. The van der Waals surface area contributed by atoms with Gasteiger partial charge in [0.2, 0.25) is 11.9 Å². The highest BCUT2D eigenvalue weighted by Crippen LogP contribution is 2.24. The molecule has 0 radical (unpaired) electrons. The van der Waals surface area contributed by atoms with Gasteiger partial charge < -0.3 is 9.80 Å². The van der Waals surface area contributed by atoms with Crippen molar-refractivity contribution in [3.63, 3.8) is 0 Å². The lowest BCUT2D eigenvalue weighted by molar-refractivity contribution is -0.133. The second kappa shape index (κ2) is 9.01. The summed E-state index contributed by atoms with van der Waals surface area (Å²) in [4.78, 5) is 30.5. The van der Waals surface area contributed by atoms with E-state index in [9.17, 15) is 13.2 Å². The number of unbranched alkanes of at least 4 members (excludes halogenated alkanes) is 1. The Labute approximate surface area is 182 Å². The number of benzene rings is 1. The standard InChI is InChI=1S/C21H26N6O3S/c1-2-3-8-17(24-19-16-7-4-5-9-18(16)31(29,30)25-19)20(28)26-12-14-27(15-13-26)21-22-10-6-11-23-21/h4-7,9-11,17H,2-3,8,12-15H2,1H3,(H,24,25)/t17-/m0/s1. The van der Waals surface area contributed by atoms with E-state index < -0.39 is 16.1 Å². The number of sulfonamides is 1. The number of hydrogen-bond acceptors (Lipinski definition) is 7. The van der Waals surface area contributed by atoms with Crippen LogP contribution in [0.2, 0.25) is 0 Å². The smallest absolute Gasteiger partial charge is 0.263 e. The van der Waals surface area contributed by atoms with Crippen LogP contribution in [0.5, 0.6) is 0 Å². The summed E-state index contributed by atoms with van der Waals surface area (Å²) in [5.41, 5.74) is 0.517. The summed E-state index contributed by atoms with van der Waals surface area (Å²) < 4.78 is 27.3. The molecule has 164 valence electrons. The molecular weight excluding hydrogens is 416 g/mol. The number of nitrogens with zero attached hydrogens (tertiary/aromatic N) is 5. The van der Waals surface area contributed by atoms with Gasteiger partial charge in [-0.15, -0.1) is 0 Å². The summed E-state index contributed by atoms with van der Waals surface area (Å²) in [5.74, 6) is 0.842.